The van der Waals surface area contributed by atoms with Gasteiger partial charge in [-0.3, -0.25) is 9.69 Å². The monoisotopic (exact) mass is 283 g/mol. The Labute approximate surface area is 122 Å². The van der Waals surface area contributed by atoms with Crippen molar-refractivity contribution in [3.63, 3.8) is 0 Å². The first-order chi connectivity index (χ1) is 9.67. The lowest BCUT2D eigenvalue weighted by Gasteiger charge is -2.40. The van der Waals surface area contributed by atoms with Gasteiger partial charge in [0.1, 0.15) is 0 Å². The molecule has 0 saturated carbocycles. The third-order valence-corrected chi connectivity index (χ3v) is 4.81. The lowest BCUT2D eigenvalue weighted by Crippen LogP contribution is -2.53. The van der Waals surface area contributed by atoms with Crippen molar-refractivity contribution in [2.24, 2.45) is 11.7 Å². The van der Waals surface area contributed by atoms with Crippen LogP contribution in [0.1, 0.15) is 33.1 Å². The van der Waals surface area contributed by atoms with Crippen LogP contribution >= 0.6 is 0 Å². The summed E-state index contributed by atoms with van der Waals surface area (Å²) in [7, 11) is 0. The molecule has 2 aliphatic rings. The number of hydrogen-bond acceptors (Lipinski definition) is 4. The SMILES string of the molecule is CCC(CCN)N1CCN(C(=O)C2CCOC2C)CC1. The Balaban J connectivity index is 1.83. The van der Waals surface area contributed by atoms with Gasteiger partial charge in [0.2, 0.25) is 5.91 Å². The van der Waals surface area contributed by atoms with Gasteiger partial charge >= 0.3 is 0 Å². The molecule has 3 unspecified atom stereocenters. The van der Waals surface area contributed by atoms with E-state index in [-0.39, 0.29) is 12.0 Å². The molecule has 0 spiro atoms. The number of carbonyl (C=O) groups excluding carboxylic acids is 1. The van der Waals surface area contributed by atoms with Crippen LogP contribution < -0.4 is 5.73 Å². The van der Waals surface area contributed by atoms with Crippen molar-refractivity contribution in [3.8, 4) is 0 Å². The van der Waals surface area contributed by atoms with Crippen molar-refractivity contribution in [1.29, 1.82) is 0 Å². The van der Waals surface area contributed by atoms with Crippen molar-refractivity contribution in [2.45, 2.75) is 45.3 Å². The van der Waals surface area contributed by atoms with Crippen molar-refractivity contribution in [2.75, 3.05) is 39.3 Å². The van der Waals surface area contributed by atoms with Gasteiger partial charge < -0.3 is 15.4 Å². The van der Waals surface area contributed by atoms with Crippen LogP contribution in [0, 0.1) is 5.92 Å². The van der Waals surface area contributed by atoms with E-state index in [0.717, 1.165) is 58.6 Å². The lowest BCUT2D eigenvalue weighted by molar-refractivity contribution is -0.139. The summed E-state index contributed by atoms with van der Waals surface area (Å²) < 4.78 is 5.51. The molecule has 0 aliphatic carbocycles. The van der Waals surface area contributed by atoms with Crippen LogP contribution in [-0.2, 0) is 9.53 Å². The third kappa shape index (κ3) is 3.51. The van der Waals surface area contributed by atoms with Crippen molar-refractivity contribution >= 4 is 5.91 Å². The van der Waals surface area contributed by atoms with Gasteiger partial charge in [-0.1, -0.05) is 6.92 Å². The highest BCUT2D eigenvalue weighted by Crippen LogP contribution is 2.23. The fourth-order valence-electron chi connectivity index (χ4n) is 3.44. The molecular formula is C15H29N3O2. The molecule has 2 N–H and O–H groups in total. The zero-order chi connectivity index (χ0) is 14.5. The van der Waals surface area contributed by atoms with Crippen LogP contribution in [-0.4, -0.2) is 67.2 Å². The van der Waals surface area contributed by atoms with Crippen molar-refractivity contribution in [3.05, 3.63) is 0 Å². The van der Waals surface area contributed by atoms with Crippen LogP contribution in [0.3, 0.4) is 0 Å². The maximum atomic E-state index is 12.5. The van der Waals surface area contributed by atoms with Crippen LogP contribution in [0.4, 0.5) is 0 Å². The fraction of sp³-hybridized carbons (Fsp3) is 0.933. The Morgan fingerprint density at radius 3 is 2.55 bits per heavy atom. The Hall–Kier alpha value is -0.650. The second-order valence-corrected chi connectivity index (χ2v) is 5.97. The minimum absolute atomic E-state index is 0.0764. The van der Waals surface area contributed by atoms with E-state index in [1.165, 1.54) is 0 Å². The van der Waals surface area contributed by atoms with E-state index in [9.17, 15) is 4.79 Å². The van der Waals surface area contributed by atoms with Crippen molar-refractivity contribution in [1.82, 2.24) is 9.80 Å². The number of piperazine rings is 1. The van der Waals surface area contributed by atoms with E-state index in [1.54, 1.807) is 0 Å². The fourth-order valence-corrected chi connectivity index (χ4v) is 3.44. The van der Waals surface area contributed by atoms with E-state index in [4.69, 9.17) is 10.5 Å². The quantitative estimate of drug-likeness (QED) is 0.806. The first-order valence-corrected chi connectivity index (χ1v) is 8.01. The van der Waals surface area contributed by atoms with E-state index < -0.39 is 0 Å². The minimum atomic E-state index is 0.0764. The molecule has 2 heterocycles. The topological polar surface area (TPSA) is 58.8 Å². The zero-order valence-corrected chi connectivity index (χ0v) is 12.9. The summed E-state index contributed by atoms with van der Waals surface area (Å²) in [5.74, 6) is 0.370. The first-order valence-electron chi connectivity index (χ1n) is 8.01. The molecule has 0 aromatic rings. The predicted molar refractivity (Wildman–Crippen MR) is 79.4 cm³/mol. The Bertz CT molecular complexity index is 316. The summed E-state index contributed by atoms with van der Waals surface area (Å²) in [5.41, 5.74) is 5.68. The highest BCUT2D eigenvalue weighted by molar-refractivity contribution is 5.79. The molecule has 1 amide bonds. The van der Waals surface area contributed by atoms with Gasteiger partial charge in [-0.15, -0.1) is 0 Å². The maximum absolute atomic E-state index is 12.5. The second kappa shape index (κ2) is 7.38. The number of rotatable bonds is 5. The molecule has 0 aromatic heterocycles. The van der Waals surface area contributed by atoms with E-state index in [1.807, 2.05) is 11.8 Å². The second-order valence-electron chi connectivity index (χ2n) is 5.97. The average Bonchev–Trinajstić information content (AvgIpc) is 2.90. The standard InChI is InChI=1S/C15H29N3O2/c1-3-13(4-6-16)17-7-9-18(10-8-17)15(19)14-5-11-20-12(14)2/h12-14H,3-11,16H2,1-2H3. The van der Waals surface area contributed by atoms with E-state index in [2.05, 4.69) is 11.8 Å². The average molecular weight is 283 g/mol. The Kier molecular flexibility index (Phi) is 5.81. The van der Waals surface area contributed by atoms with Crippen LogP contribution in [0.5, 0.6) is 0 Å². The number of hydrogen-bond donors (Lipinski definition) is 1. The molecule has 0 aromatic carbocycles. The van der Waals surface area contributed by atoms with Gasteiger partial charge in [0, 0.05) is 38.8 Å². The van der Waals surface area contributed by atoms with E-state index in [0.29, 0.717) is 11.9 Å². The summed E-state index contributed by atoms with van der Waals surface area (Å²) in [5, 5.41) is 0. The van der Waals surface area contributed by atoms with Gasteiger partial charge in [-0.05, 0) is 32.7 Å². The Morgan fingerprint density at radius 2 is 2.05 bits per heavy atom. The number of nitrogens with two attached hydrogens (primary N) is 1. The molecule has 20 heavy (non-hydrogen) atoms. The maximum Gasteiger partial charge on any atom is 0.228 e. The molecule has 0 bridgehead atoms. The normalized spacial score (nSPS) is 29.6. The van der Waals surface area contributed by atoms with Gasteiger partial charge in [-0.2, -0.15) is 0 Å². The summed E-state index contributed by atoms with van der Waals surface area (Å²) in [6.07, 6.45) is 3.16. The molecule has 3 atom stereocenters. The molecule has 5 heteroatoms. The minimum Gasteiger partial charge on any atom is -0.378 e. The summed E-state index contributed by atoms with van der Waals surface area (Å²) in [6, 6.07) is 0.575. The smallest absolute Gasteiger partial charge is 0.228 e. The van der Waals surface area contributed by atoms with Crippen LogP contribution in [0.25, 0.3) is 0 Å². The number of nitrogens with zero attached hydrogens (tertiary/aromatic N) is 2. The van der Waals surface area contributed by atoms with Gasteiger partial charge in [-0.25, -0.2) is 0 Å². The van der Waals surface area contributed by atoms with Gasteiger partial charge in [0.15, 0.2) is 0 Å². The predicted octanol–water partition coefficient (Wildman–Crippen LogP) is 0.683. The number of ether oxygens (including phenoxy) is 1. The molecule has 2 saturated heterocycles. The third-order valence-electron chi connectivity index (χ3n) is 4.81. The highest BCUT2D eigenvalue weighted by Gasteiger charge is 2.35. The molecule has 0 radical (unpaired) electrons. The summed E-state index contributed by atoms with van der Waals surface area (Å²) >= 11 is 0. The van der Waals surface area contributed by atoms with Crippen LogP contribution in [0.15, 0.2) is 0 Å². The van der Waals surface area contributed by atoms with Gasteiger partial charge in [0.05, 0.1) is 12.0 Å². The molecule has 2 fully saturated rings. The number of carbonyl (C=O) groups is 1. The zero-order valence-electron chi connectivity index (χ0n) is 12.9. The molecule has 5 nitrogen and oxygen atoms in total. The Morgan fingerprint density at radius 1 is 1.35 bits per heavy atom. The van der Waals surface area contributed by atoms with Gasteiger partial charge in [0.25, 0.3) is 0 Å². The largest absolute Gasteiger partial charge is 0.378 e. The number of amides is 1. The van der Waals surface area contributed by atoms with E-state index >= 15 is 0 Å². The van der Waals surface area contributed by atoms with Crippen molar-refractivity contribution < 1.29 is 9.53 Å². The summed E-state index contributed by atoms with van der Waals surface area (Å²) in [6.45, 7) is 9.36. The molecule has 116 valence electrons. The lowest BCUT2D eigenvalue weighted by atomic mass is 10.0. The first kappa shape index (κ1) is 15.7. The molecule has 2 aliphatic heterocycles. The summed E-state index contributed by atoms with van der Waals surface area (Å²) in [4.78, 5) is 17.0. The molecular weight excluding hydrogens is 254 g/mol. The highest BCUT2D eigenvalue weighted by atomic mass is 16.5. The molecule has 2 rings (SSSR count). The van der Waals surface area contributed by atoms with Crippen LogP contribution in [0.2, 0.25) is 0 Å².